The number of piperazine rings is 1. The van der Waals surface area contributed by atoms with Gasteiger partial charge in [0.05, 0.1) is 11.8 Å². The van der Waals surface area contributed by atoms with Crippen LogP contribution in [-0.2, 0) is 16.1 Å². The van der Waals surface area contributed by atoms with E-state index in [1.807, 2.05) is 38.1 Å². The van der Waals surface area contributed by atoms with Gasteiger partial charge in [0.25, 0.3) is 0 Å². The van der Waals surface area contributed by atoms with E-state index in [9.17, 15) is 9.59 Å². The third kappa shape index (κ3) is 5.33. The first-order valence-electron chi connectivity index (χ1n) is 9.65. The van der Waals surface area contributed by atoms with Crippen molar-refractivity contribution in [3.8, 4) is 5.75 Å². The summed E-state index contributed by atoms with van der Waals surface area (Å²) < 4.78 is 5.70. The van der Waals surface area contributed by atoms with E-state index in [4.69, 9.17) is 4.74 Å². The molecule has 3 rings (SSSR count). The van der Waals surface area contributed by atoms with Gasteiger partial charge in [-0.25, -0.2) is 0 Å². The molecular formula is C22H27N3O3. The summed E-state index contributed by atoms with van der Waals surface area (Å²) in [7, 11) is 0. The molecule has 28 heavy (non-hydrogen) atoms. The third-order valence-electron chi connectivity index (χ3n) is 4.60. The van der Waals surface area contributed by atoms with E-state index < -0.39 is 11.8 Å². The lowest BCUT2D eigenvalue weighted by Gasteiger charge is -2.34. The van der Waals surface area contributed by atoms with E-state index >= 15 is 0 Å². The molecule has 0 atom stereocenters. The zero-order chi connectivity index (χ0) is 19.9. The van der Waals surface area contributed by atoms with E-state index in [0.29, 0.717) is 24.5 Å². The van der Waals surface area contributed by atoms with Gasteiger partial charge in [-0.2, -0.15) is 0 Å². The molecule has 1 fully saturated rings. The largest absolute Gasteiger partial charge is 0.489 e. The molecule has 148 valence electrons. The molecule has 2 amide bonds. The van der Waals surface area contributed by atoms with Crippen LogP contribution in [0.15, 0.2) is 54.6 Å². The fourth-order valence-electron chi connectivity index (χ4n) is 3.20. The maximum atomic E-state index is 12.6. The van der Waals surface area contributed by atoms with Crippen LogP contribution in [0, 0.1) is 0 Å². The minimum Gasteiger partial charge on any atom is -0.489 e. The monoisotopic (exact) mass is 381 g/mol. The van der Waals surface area contributed by atoms with E-state index in [1.165, 1.54) is 5.56 Å². The molecule has 1 heterocycles. The number of hydrogen-bond donors (Lipinski definition) is 1. The summed E-state index contributed by atoms with van der Waals surface area (Å²) in [5.41, 5.74) is 1.76. The lowest BCUT2D eigenvalue weighted by Crippen LogP contribution is -2.51. The Morgan fingerprint density at radius 1 is 0.964 bits per heavy atom. The molecule has 0 spiro atoms. The van der Waals surface area contributed by atoms with Crippen LogP contribution < -0.4 is 10.1 Å². The van der Waals surface area contributed by atoms with Crippen molar-refractivity contribution in [3.05, 3.63) is 60.2 Å². The number of anilines is 1. The summed E-state index contributed by atoms with van der Waals surface area (Å²) in [4.78, 5) is 28.9. The summed E-state index contributed by atoms with van der Waals surface area (Å²) in [6, 6.07) is 17.4. The average Bonchev–Trinajstić information content (AvgIpc) is 2.70. The zero-order valence-corrected chi connectivity index (χ0v) is 16.4. The maximum absolute atomic E-state index is 12.6. The molecule has 0 saturated carbocycles. The normalized spacial score (nSPS) is 14.8. The molecule has 0 unspecified atom stereocenters. The number of nitrogens with zero attached hydrogens (tertiary/aromatic N) is 2. The van der Waals surface area contributed by atoms with Crippen LogP contribution in [0.5, 0.6) is 5.75 Å². The fourth-order valence-corrected chi connectivity index (χ4v) is 3.20. The van der Waals surface area contributed by atoms with Gasteiger partial charge in [-0.15, -0.1) is 0 Å². The average molecular weight is 381 g/mol. The summed E-state index contributed by atoms with van der Waals surface area (Å²) in [5, 5.41) is 2.70. The standard InChI is InChI=1S/C22H27N3O3/c1-17(2)28-20-11-7-6-10-19(20)23-21(26)22(27)25-14-12-24(13-15-25)16-18-8-4-3-5-9-18/h3-11,17H,12-16H2,1-2H3,(H,23,26). The molecule has 0 aromatic heterocycles. The van der Waals surface area contributed by atoms with Crippen LogP contribution in [0.1, 0.15) is 19.4 Å². The van der Waals surface area contributed by atoms with Crippen molar-refractivity contribution in [1.29, 1.82) is 0 Å². The predicted octanol–water partition coefficient (Wildman–Crippen LogP) is 2.76. The maximum Gasteiger partial charge on any atom is 0.314 e. The highest BCUT2D eigenvalue weighted by Crippen LogP contribution is 2.25. The second-order valence-electron chi connectivity index (χ2n) is 7.17. The Bertz CT molecular complexity index is 800. The lowest BCUT2D eigenvalue weighted by atomic mass is 10.2. The number of ether oxygens (including phenoxy) is 1. The number of carbonyl (C=O) groups is 2. The molecule has 2 aromatic carbocycles. The van der Waals surface area contributed by atoms with Crippen LogP contribution in [0.2, 0.25) is 0 Å². The highest BCUT2D eigenvalue weighted by molar-refractivity contribution is 6.39. The molecule has 6 heteroatoms. The van der Waals surface area contributed by atoms with Crippen LogP contribution in [0.25, 0.3) is 0 Å². The van der Waals surface area contributed by atoms with Crippen molar-refractivity contribution in [2.75, 3.05) is 31.5 Å². The lowest BCUT2D eigenvalue weighted by molar-refractivity contribution is -0.144. The first-order valence-corrected chi connectivity index (χ1v) is 9.65. The number of para-hydroxylation sites is 2. The highest BCUT2D eigenvalue weighted by Gasteiger charge is 2.26. The summed E-state index contributed by atoms with van der Waals surface area (Å²) >= 11 is 0. The molecule has 1 N–H and O–H groups in total. The van der Waals surface area contributed by atoms with Gasteiger partial charge in [0, 0.05) is 32.7 Å². The Hall–Kier alpha value is -2.86. The van der Waals surface area contributed by atoms with Crippen LogP contribution in [-0.4, -0.2) is 53.9 Å². The predicted molar refractivity (Wildman–Crippen MR) is 109 cm³/mol. The number of hydrogen-bond acceptors (Lipinski definition) is 4. The SMILES string of the molecule is CC(C)Oc1ccccc1NC(=O)C(=O)N1CCN(Cc2ccccc2)CC1. The number of amides is 2. The van der Waals surface area contributed by atoms with Crippen LogP contribution >= 0.6 is 0 Å². The summed E-state index contributed by atoms with van der Waals surface area (Å²) in [6.07, 6.45) is -0.0218. The Morgan fingerprint density at radius 3 is 2.29 bits per heavy atom. The summed E-state index contributed by atoms with van der Waals surface area (Å²) in [6.45, 7) is 7.28. The van der Waals surface area contributed by atoms with Crippen LogP contribution in [0.4, 0.5) is 5.69 Å². The Kier molecular flexibility index (Phi) is 6.66. The van der Waals surface area contributed by atoms with Crippen LogP contribution in [0.3, 0.4) is 0 Å². The van der Waals surface area contributed by atoms with Gasteiger partial charge < -0.3 is 15.0 Å². The fraction of sp³-hybridized carbons (Fsp3) is 0.364. The quantitative estimate of drug-likeness (QED) is 0.809. The second kappa shape index (κ2) is 9.37. The number of rotatable bonds is 5. The van der Waals surface area contributed by atoms with Crippen molar-refractivity contribution in [1.82, 2.24) is 9.80 Å². The van der Waals surface area contributed by atoms with Gasteiger partial charge in [-0.1, -0.05) is 42.5 Å². The van der Waals surface area contributed by atoms with Crippen molar-refractivity contribution in [3.63, 3.8) is 0 Å². The third-order valence-corrected chi connectivity index (χ3v) is 4.60. The Labute approximate surface area is 166 Å². The van der Waals surface area contributed by atoms with Crippen molar-refractivity contribution in [2.45, 2.75) is 26.5 Å². The summed E-state index contributed by atoms with van der Waals surface area (Å²) in [5.74, 6) is -0.568. The molecule has 1 aliphatic rings. The van der Waals surface area contributed by atoms with E-state index in [1.54, 1.807) is 23.1 Å². The minimum absolute atomic E-state index is 0.0218. The van der Waals surface area contributed by atoms with E-state index in [-0.39, 0.29) is 6.10 Å². The van der Waals surface area contributed by atoms with Gasteiger partial charge in [0.15, 0.2) is 0 Å². The first-order chi connectivity index (χ1) is 13.5. The highest BCUT2D eigenvalue weighted by atomic mass is 16.5. The molecule has 2 aromatic rings. The topological polar surface area (TPSA) is 61.9 Å². The van der Waals surface area contributed by atoms with Crippen molar-refractivity contribution in [2.24, 2.45) is 0 Å². The molecule has 1 aliphatic heterocycles. The molecular weight excluding hydrogens is 354 g/mol. The Balaban J connectivity index is 1.53. The number of benzene rings is 2. The van der Waals surface area contributed by atoms with Gasteiger partial charge in [0.2, 0.25) is 0 Å². The smallest absolute Gasteiger partial charge is 0.314 e. The van der Waals surface area contributed by atoms with E-state index in [0.717, 1.165) is 19.6 Å². The molecule has 0 aliphatic carbocycles. The van der Waals surface area contributed by atoms with Gasteiger partial charge in [-0.3, -0.25) is 14.5 Å². The Morgan fingerprint density at radius 2 is 1.61 bits per heavy atom. The second-order valence-corrected chi connectivity index (χ2v) is 7.17. The molecule has 0 bridgehead atoms. The van der Waals surface area contributed by atoms with Gasteiger partial charge in [-0.05, 0) is 31.5 Å². The molecule has 1 saturated heterocycles. The first kappa shape index (κ1) is 19.9. The molecule has 6 nitrogen and oxygen atoms in total. The van der Waals surface area contributed by atoms with E-state index in [2.05, 4.69) is 22.3 Å². The number of carbonyl (C=O) groups excluding carboxylic acids is 2. The van der Waals surface area contributed by atoms with Crippen molar-refractivity contribution >= 4 is 17.5 Å². The van der Waals surface area contributed by atoms with Gasteiger partial charge >= 0.3 is 11.8 Å². The zero-order valence-electron chi connectivity index (χ0n) is 16.4. The minimum atomic E-state index is -0.628. The van der Waals surface area contributed by atoms with Gasteiger partial charge in [0.1, 0.15) is 5.75 Å². The van der Waals surface area contributed by atoms with Crippen molar-refractivity contribution < 1.29 is 14.3 Å². The number of nitrogens with one attached hydrogen (secondary N) is 1. The molecule has 0 radical (unpaired) electrons.